The summed E-state index contributed by atoms with van der Waals surface area (Å²) in [4.78, 5) is 33.5. The van der Waals surface area contributed by atoms with Gasteiger partial charge in [0, 0.05) is 18.7 Å². The molecule has 0 unspecified atom stereocenters. The van der Waals surface area contributed by atoms with E-state index < -0.39 is 16.5 Å². The van der Waals surface area contributed by atoms with Gasteiger partial charge in [-0.2, -0.15) is 0 Å². The number of aromatic nitrogens is 1. The molecular weight excluding hydrogens is 288 g/mol. The number of benzene rings is 1. The van der Waals surface area contributed by atoms with Gasteiger partial charge in [0.2, 0.25) is 0 Å². The van der Waals surface area contributed by atoms with E-state index in [1.807, 2.05) is 6.92 Å². The van der Waals surface area contributed by atoms with E-state index in [4.69, 9.17) is 5.11 Å². The summed E-state index contributed by atoms with van der Waals surface area (Å²) < 4.78 is 1.38. The van der Waals surface area contributed by atoms with Crippen molar-refractivity contribution in [1.82, 2.24) is 4.57 Å². The molecule has 1 N–H and O–H groups in total. The first-order chi connectivity index (χ1) is 10.5. The van der Waals surface area contributed by atoms with Crippen molar-refractivity contribution in [3.8, 4) is 11.3 Å². The number of aromatic carboxylic acids is 1. The number of carbonyl (C=O) groups is 1. The lowest BCUT2D eigenvalue weighted by molar-refractivity contribution is -0.384. The molecule has 0 fully saturated rings. The van der Waals surface area contributed by atoms with Gasteiger partial charge in [0.25, 0.3) is 11.2 Å². The molecule has 1 aromatic carbocycles. The van der Waals surface area contributed by atoms with Crippen molar-refractivity contribution in [2.45, 2.75) is 19.9 Å². The normalized spacial score (nSPS) is 10.4. The summed E-state index contributed by atoms with van der Waals surface area (Å²) in [7, 11) is 0. The summed E-state index contributed by atoms with van der Waals surface area (Å²) in [6.07, 6.45) is 0.656. The van der Waals surface area contributed by atoms with E-state index in [1.165, 1.54) is 22.8 Å². The van der Waals surface area contributed by atoms with Gasteiger partial charge < -0.3 is 9.67 Å². The number of nitro benzene ring substituents is 1. The molecule has 0 radical (unpaired) electrons. The van der Waals surface area contributed by atoms with Crippen LogP contribution in [0, 0.1) is 10.1 Å². The van der Waals surface area contributed by atoms with Crippen LogP contribution < -0.4 is 5.56 Å². The molecule has 1 aromatic heterocycles. The standard InChI is InChI=1S/C15H14N2O5/c1-2-9-16-13(8-7-12(14(16)18)15(19)20)10-3-5-11(6-4-10)17(21)22/h3-8H,2,9H2,1H3,(H,19,20). The Balaban J connectivity index is 2.59. The molecule has 114 valence electrons. The third kappa shape index (κ3) is 2.88. The molecule has 2 rings (SSSR count). The van der Waals surface area contributed by atoms with Crippen LogP contribution >= 0.6 is 0 Å². The number of hydrogen-bond donors (Lipinski definition) is 1. The number of non-ortho nitro benzene ring substituents is 1. The molecule has 1 heterocycles. The highest BCUT2D eigenvalue weighted by molar-refractivity contribution is 5.87. The topological polar surface area (TPSA) is 102 Å². The van der Waals surface area contributed by atoms with Crippen molar-refractivity contribution in [3.05, 3.63) is 62.4 Å². The molecule has 2 aromatic rings. The van der Waals surface area contributed by atoms with Crippen molar-refractivity contribution in [2.24, 2.45) is 0 Å². The van der Waals surface area contributed by atoms with Crippen LogP contribution in [0.1, 0.15) is 23.7 Å². The fourth-order valence-corrected chi connectivity index (χ4v) is 2.19. The Kier molecular flexibility index (Phi) is 4.36. The average Bonchev–Trinajstić information content (AvgIpc) is 2.49. The minimum absolute atomic E-state index is 0.0460. The molecule has 7 nitrogen and oxygen atoms in total. The fraction of sp³-hybridized carbons (Fsp3) is 0.200. The summed E-state index contributed by atoms with van der Waals surface area (Å²) in [6.45, 7) is 2.24. The van der Waals surface area contributed by atoms with Crippen LogP contribution in [0.25, 0.3) is 11.3 Å². The zero-order valence-electron chi connectivity index (χ0n) is 11.9. The quantitative estimate of drug-likeness (QED) is 0.675. The zero-order valence-corrected chi connectivity index (χ0v) is 11.9. The van der Waals surface area contributed by atoms with Gasteiger partial charge in [0.05, 0.1) is 10.6 Å². The number of pyridine rings is 1. The molecule has 0 aliphatic carbocycles. The Bertz CT molecular complexity index is 778. The number of nitro groups is 1. The van der Waals surface area contributed by atoms with Gasteiger partial charge in [-0.1, -0.05) is 6.92 Å². The lowest BCUT2D eigenvalue weighted by Crippen LogP contribution is -2.27. The lowest BCUT2D eigenvalue weighted by Gasteiger charge is -2.13. The third-order valence-electron chi connectivity index (χ3n) is 3.23. The van der Waals surface area contributed by atoms with Crippen molar-refractivity contribution in [2.75, 3.05) is 0 Å². The molecule has 7 heteroatoms. The smallest absolute Gasteiger partial charge is 0.341 e. The minimum atomic E-state index is -1.27. The molecule has 0 aliphatic rings. The first-order valence-electron chi connectivity index (χ1n) is 6.67. The number of nitrogens with zero attached hydrogens (tertiary/aromatic N) is 2. The summed E-state index contributed by atoms with van der Waals surface area (Å²) in [6, 6.07) is 8.58. The molecule has 0 atom stereocenters. The predicted octanol–water partition coefficient (Wildman–Crippen LogP) is 2.53. The molecule has 22 heavy (non-hydrogen) atoms. The maximum absolute atomic E-state index is 12.2. The zero-order chi connectivity index (χ0) is 16.3. The van der Waals surface area contributed by atoms with E-state index in [1.54, 1.807) is 18.2 Å². The second-order valence-corrected chi connectivity index (χ2v) is 4.70. The van der Waals surface area contributed by atoms with Gasteiger partial charge >= 0.3 is 5.97 Å². The maximum Gasteiger partial charge on any atom is 0.341 e. The van der Waals surface area contributed by atoms with Crippen LogP contribution in [0.2, 0.25) is 0 Å². The van der Waals surface area contributed by atoms with E-state index in [2.05, 4.69) is 0 Å². The average molecular weight is 302 g/mol. The number of carboxylic acids is 1. The molecule has 0 saturated carbocycles. The Morgan fingerprint density at radius 2 is 1.86 bits per heavy atom. The minimum Gasteiger partial charge on any atom is -0.477 e. The second kappa shape index (κ2) is 6.21. The highest BCUT2D eigenvalue weighted by Gasteiger charge is 2.15. The lowest BCUT2D eigenvalue weighted by atomic mass is 10.1. The first kappa shape index (κ1) is 15.4. The van der Waals surface area contributed by atoms with Crippen LogP contribution in [0.4, 0.5) is 5.69 Å². The van der Waals surface area contributed by atoms with Gasteiger partial charge in [-0.05, 0) is 36.2 Å². The van der Waals surface area contributed by atoms with Crippen molar-refractivity contribution >= 4 is 11.7 Å². The van der Waals surface area contributed by atoms with E-state index in [0.29, 0.717) is 24.2 Å². The van der Waals surface area contributed by atoms with E-state index in [0.717, 1.165) is 0 Å². The monoisotopic (exact) mass is 302 g/mol. The van der Waals surface area contributed by atoms with E-state index in [9.17, 15) is 19.7 Å². The van der Waals surface area contributed by atoms with Crippen LogP contribution in [0.3, 0.4) is 0 Å². The first-order valence-corrected chi connectivity index (χ1v) is 6.67. The summed E-state index contributed by atoms with van der Waals surface area (Å²) >= 11 is 0. The van der Waals surface area contributed by atoms with Crippen molar-refractivity contribution in [1.29, 1.82) is 0 Å². The Hall–Kier alpha value is -2.96. The van der Waals surface area contributed by atoms with E-state index >= 15 is 0 Å². The summed E-state index contributed by atoms with van der Waals surface area (Å²) in [5.41, 5.74) is 0.236. The van der Waals surface area contributed by atoms with Crippen LogP contribution in [-0.4, -0.2) is 20.6 Å². The SMILES string of the molecule is CCCn1c(-c2ccc([N+](=O)[O-])cc2)ccc(C(=O)O)c1=O. The maximum atomic E-state index is 12.2. The third-order valence-corrected chi connectivity index (χ3v) is 3.23. The highest BCUT2D eigenvalue weighted by Crippen LogP contribution is 2.22. The number of hydrogen-bond acceptors (Lipinski definition) is 4. The molecule has 0 aliphatic heterocycles. The Labute approximate surface area is 125 Å². The van der Waals surface area contributed by atoms with Crippen molar-refractivity contribution < 1.29 is 14.8 Å². The molecule has 0 saturated heterocycles. The summed E-state index contributed by atoms with van der Waals surface area (Å²) in [5, 5.41) is 19.7. The van der Waals surface area contributed by atoms with Gasteiger partial charge in [-0.25, -0.2) is 4.79 Å². The van der Waals surface area contributed by atoms with E-state index in [-0.39, 0.29) is 11.3 Å². The van der Waals surface area contributed by atoms with Gasteiger partial charge in [-0.15, -0.1) is 0 Å². The summed E-state index contributed by atoms with van der Waals surface area (Å²) in [5.74, 6) is -1.27. The largest absolute Gasteiger partial charge is 0.477 e. The second-order valence-electron chi connectivity index (χ2n) is 4.70. The van der Waals surface area contributed by atoms with Gasteiger partial charge in [0.15, 0.2) is 0 Å². The molecule has 0 spiro atoms. The van der Waals surface area contributed by atoms with Gasteiger partial charge in [-0.3, -0.25) is 14.9 Å². The van der Waals surface area contributed by atoms with Gasteiger partial charge in [0.1, 0.15) is 5.56 Å². The predicted molar refractivity (Wildman–Crippen MR) is 80.0 cm³/mol. The highest BCUT2D eigenvalue weighted by atomic mass is 16.6. The fourth-order valence-electron chi connectivity index (χ4n) is 2.19. The van der Waals surface area contributed by atoms with Crippen LogP contribution in [-0.2, 0) is 6.54 Å². The van der Waals surface area contributed by atoms with Crippen LogP contribution in [0.5, 0.6) is 0 Å². The number of rotatable bonds is 5. The Morgan fingerprint density at radius 1 is 1.23 bits per heavy atom. The molecule has 0 bridgehead atoms. The van der Waals surface area contributed by atoms with Crippen molar-refractivity contribution in [3.63, 3.8) is 0 Å². The Morgan fingerprint density at radius 3 is 2.36 bits per heavy atom. The molecular formula is C15H14N2O5. The van der Waals surface area contributed by atoms with Crippen LogP contribution in [0.15, 0.2) is 41.2 Å². The molecule has 0 amide bonds. The number of carboxylic acid groups (broad SMARTS) is 1.